The molecule has 2 fully saturated rings. The average Bonchev–Trinajstić information content (AvgIpc) is 2.90. The number of methoxy groups -OCH3 is 1. The van der Waals surface area contributed by atoms with Crippen molar-refractivity contribution in [3.8, 4) is 0 Å². The Labute approximate surface area is 116 Å². The number of carbonyl (C=O) groups is 2. The second-order valence-electron chi connectivity index (χ2n) is 5.59. The molecule has 4 heteroatoms. The first-order valence-electron chi connectivity index (χ1n) is 6.73. The average molecular weight is 270 g/mol. The molecular weight excluding hydrogens is 256 g/mol. The number of carbonyl (C=O) groups excluding carboxylic acids is 2. The van der Waals surface area contributed by atoms with E-state index in [2.05, 4.69) is 0 Å². The van der Waals surface area contributed by atoms with Gasteiger partial charge in [-0.25, -0.2) is 4.79 Å². The lowest BCUT2D eigenvalue weighted by Gasteiger charge is -2.69. The molecule has 20 heavy (non-hydrogen) atoms. The lowest BCUT2D eigenvalue weighted by atomic mass is 9.39. The minimum Gasteiger partial charge on any atom is -0.466 e. The summed E-state index contributed by atoms with van der Waals surface area (Å²) in [5.41, 5.74) is -1.18. The van der Waals surface area contributed by atoms with Gasteiger partial charge in [-0.3, -0.25) is 4.79 Å². The van der Waals surface area contributed by atoms with Gasteiger partial charge < -0.3 is 9.47 Å². The Bertz CT molecular complexity index is 635. The molecule has 102 valence electrons. The second kappa shape index (κ2) is 3.51. The van der Waals surface area contributed by atoms with E-state index in [0.717, 1.165) is 12.0 Å². The minimum absolute atomic E-state index is 0.00727. The van der Waals surface area contributed by atoms with Gasteiger partial charge >= 0.3 is 11.9 Å². The topological polar surface area (TPSA) is 52.6 Å². The van der Waals surface area contributed by atoms with Crippen molar-refractivity contribution in [2.24, 2.45) is 11.8 Å². The predicted molar refractivity (Wildman–Crippen MR) is 69.7 cm³/mol. The minimum atomic E-state index is -1.13. The van der Waals surface area contributed by atoms with Crippen LogP contribution in [-0.4, -0.2) is 24.6 Å². The van der Waals surface area contributed by atoms with Crippen LogP contribution in [0.2, 0.25) is 0 Å². The van der Waals surface area contributed by atoms with Crippen LogP contribution in [0.1, 0.15) is 12.0 Å². The fourth-order valence-corrected chi connectivity index (χ4v) is 4.32. The zero-order valence-electron chi connectivity index (χ0n) is 11.0. The third-order valence-corrected chi connectivity index (χ3v) is 5.07. The summed E-state index contributed by atoms with van der Waals surface area (Å²) >= 11 is 0. The van der Waals surface area contributed by atoms with Crippen LogP contribution in [0.5, 0.6) is 0 Å². The molecule has 0 aromatic heterocycles. The molecule has 2 aliphatic carbocycles. The van der Waals surface area contributed by atoms with Crippen molar-refractivity contribution in [1.82, 2.24) is 0 Å². The van der Waals surface area contributed by atoms with Crippen molar-refractivity contribution in [2.75, 3.05) is 7.11 Å². The summed E-state index contributed by atoms with van der Waals surface area (Å²) in [6.45, 7) is 0. The van der Waals surface area contributed by atoms with Crippen LogP contribution in [0.3, 0.4) is 0 Å². The van der Waals surface area contributed by atoms with Crippen molar-refractivity contribution >= 4 is 11.9 Å². The summed E-state index contributed by atoms with van der Waals surface area (Å²) in [7, 11) is 1.34. The first kappa shape index (κ1) is 11.7. The van der Waals surface area contributed by atoms with E-state index in [-0.39, 0.29) is 17.8 Å². The van der Waals surface area contributed by atoms with E-state index in [4.69, 9.17) is 9.47 Å². The summed E-state index contributed by atoms with van der Waals surface area (Å²) in [6.07, 6.45) is 4.82. The largest absolute Gasteiger partial charge is 0.466 e. The monoisotopic (exact) mass is 270 g/mol. The van der Waals surface area contributed by atoms with Gasteiger partial charge in [-0.05, 0) is 12.0 Å². The third kappa shape index (κ3) is 0.921. The number of hydrogen-bond donors (Lipinski definition) is 0. The Balaban J connectivity index is 1.92. The molecule has 0 bridgehead atoms. The van der Waals surface area contributed by atoms with Gasteiger partial charge in [-0.1, -0.05) is 42.5 Å². The fraction of sp³-hybridized carbons (Fsp3) is 0.375. The molecule has 3 aliphatic rings. The molecule has 0 radical (unpaired) electrons. The quantitative estimate of drug-likeness (QED) is 0.605. The lowest BCUT2D eigenvalue weighted by Crippen LogP contribution is -2.87. The SMILES string of the molecule is COC(=O)[C@]12OC(=O)[C@@]1(c1ccccc1)[C@H]1C=CC[C@H]12. The summed E-state index contributed by atoms with van der Waals surface area (Å²) in [4.78, 5) is 24.6. The normalized spacial score (nSPS) is 40.0. The van der Waals surface area contributed by atoms with Gasteiger partial charge in [0.1, 0.15) is 0 Å². The van der Waals surface area contributed by atoms with E-state index in [1.165, 1.54) is 7.11 Å². The van der Waals surface area contributed by atoms with Crippen molar-refractivity contribution in [3.63, 3.8) is 0 Å². The number of hydrogen-bond acceptors (Lipinski definition) is 4. The van der Waals surface area contributed by atoms with Crippen LogP contribution in [0.4, 0.5) is 0 Å². The maximum atomic E-state index is 12.3. The summed E-state index contributed by atoms with van der Waals surface area (Å²) in [5.74, 6) is -0.717. The standard InChI is InChI=1S/C16H14O4/c1-19-14(18)16-12-9-5-8-11(12)15(16,13(17)20-16)10-6-3-2-4-7-10/h2-8,11-12H,9H2,1H3/t11-,12+,15+,16-/m0/s1. The number of esters is 2. The van der Waals surface area contributed by atoms with Crippen LogP contribution in [-0.2, 0) is 24.5 Å². The Morgan fingerprint density at radius 1 is 1.35 bits per heavy atom. The van der Waals surface area contributed by atoms with Gasteiger partial charge in [0.2, 0.25) is 5.60 Å². The predicted octanol–water partition coefficient (Wildman–Crippen LogP) is 1.60. The summed E-state index contributed by atoms with van der Waals surface area (Å²) in [6, 6.07) is 9.43. The van der Waals surface area contributed by atoms with E-state index in [9.17, 15) is 9.59 Å². The van der Waals surface area contributed by atoms with E-state index in [1.807, 2.05) is 42.5 Å². The number of ether oxygens (including phenoxy) is 2. The number of fused-ring (bicyclic) bond motifs is 4. The highest BCUT2D eigenvalue weighted by molar-refractivity contribution is 6.07. The van der Waals surface area contributed by atoms with Crippen molar-refractivity contribution in [3.05, 3.63) is 48.0 Å². The highest BCUT2D eigenvalue weighted by Crippen LogP contribution is 2.71. The van der Waals surface area contributed by atoms with Crippen LogP contribution in [0.25, 0.3) is 0 Å². The summed E-state index contributed by atoms with van der Waals surface area (Å²) in [5, 5.41) is 0. The van der Waals surface area contributed by atoms with Gasteiger partial charge in [0.05, 0.1) is 7.11 Å². The highest BCUT2D eigenvalue weighted by Gasteiger charge is 2.89. The third-order valence-electron chi connectivity index (χ3n) is 5.07. The first-order chi connectivity index (χ1) is 9.69. The molecule has 0 unspecified atom stereocenters. The molecule has 1 saturated heterocycles. The number of benzene rings is 1. The first-order valence-corrected chi connectivity index (χ1v) is 6.73. The van der Waals surface area contributed by atoms with Gasteiger partial charge in [-0.2, -0.15) is 0 Å². The van der Waals surface area contributed by atoms with Gasteiger partial charge in [-0.15, -0.1) is 0 Å². The van der Waals surface area contributed by atoms with E-state index in [1.54, 1.807) is 0 Å². The molecule has 1 aromatic rings. The van der Waals surface area contributed by atoms with E-state index in [0.29, 0.717) is 0 Å². The van der Waals surface area contributed by atoms with Crippen molar-refractivity contribution in [1.29, 1.82) is 0 Å². The Kier molecular flexibility index (Phi) is 2.05. The van der Waals surface area contributed by atoms with Crippen molar-refractivity contribution < 1.29 is 19.1 Å². The maximum absolute atomic E-state index is 12.3. The van der Waals surface area contributed by atoms with Crippen LogP contribution >= 0.6 is 0 Å². The molecule has 0 amide bonds. The molecule has 0 N–H and O–H groups in total. The van der Waals surface area contributed by atoms with E-state index < -0.39 is 17.0 Å². The van der Waals surface area contributed by atoms with Crippen LogP contribution < -0.4 is 0 Å². The van der Waals surface area contributed by atoms with Crippen molar-refractivity contribution in [2.45, 2.75) is 17.4 Å². The zero-order chi connectivity index (χ0) is 14.0. The second-order valence-corrected chi connectivity index (χ2v) is 5.59. The number of rotatable bonds is 2. The molecule has 1 saturated carbocycles. The Morgan fingerprint density at radius 2 is 2.10 bits per heavy atom. The van der Waals surface area contributed by atoms with E-state index >= 15 is 0 Å². The van der Waals surface area contributed by atoms with Gasteiger partial charge in [0.15, 0.2) is 5.41 Å². The molecule has 1 aromatic carbocycles. The lowest BCUT2D eigenvalue weighted by molar-refractivity contribution is -0.293. The van der Waals surface area contributed by atoms with Crippen LogP contribution in [0.15, 0.2) is 42.5 Å². The molecule has 4 atom stereocenters. The molecule has 4 nitrogen and oxygen atoms in total. The Morgan fingerprint density at radius 3 is 2.75 bits per heavy atom. The smallest absolute Gasteiger partial charge is 0.352 e. The molecule has 4 rings (SSSR count). The van der Waals surface area contributed by atoms with Gasteiger partial charge in [0.25, 0.3) is 0 Å². The summed E-state index contributed by atoms with van der Waals surface area (Å²) < 4.78 is 10.3. The highest BCUT2D eigenvalue weighted by atomic mass is 16.6. The molecular formula is C16H14O4. The van der Waals surface area contributed by atoms with Crippen LogP contribution in [0, 0.1) is 11.8 Å². The molecule has 0 spiro atoms. The van der Waals surface area contributed by atoms with Gasteiger partial charge in [0, 0.05) is 11.8 Å². The molecule has 1 aliphatic heterocycles. The molecule has 1 heterocycles. The maximum Gasteiger partial charge on any atom is 0.352 e. The number of allylic oxidation sites excluding steroid dienone is 2. The zero-order valence-corrected chi connectivity index (χ0v) is 11.0. The Hall–Kier alpha value is -2.10. The fourth-order valence-electron chi connectivity index (χ4n) is 4.32.